The number of hydrogen-bond donors (Lipinski definition) is 2. The average molecular weight is 326 g/mol. The van der Waals surface area contributed by atoms with E-state index in [1.165, 1.54) is 6.33 Å². The van der Waals surface area contributed by atoms with Crippen LogP contribution in [0.2, 0.25) is 0 Å². The molecule has 0 atom stereocenters. The van der Waals surface area contributed by atoms with Gasteiger partial charge in [-0.1, -0.05) is 12.1 Å². The molecule has 124 valence electrons. The number of anilines is 1. The molecule has 0 aliphatic heterocycles. The number of methoxy groups -OCH3 is 1. The van der Waals surface area contributed by atoms with Crippen LogP contribution in [0.1, 0.15) is 22.8 Å². The molecule has 1 aromatic carbocycles. The van der Waals surface area contributed by atoms with Crippen molar-refractivity contribution in [2.45, 2.75) is 13.5 Å². The molecule has 3 rings (SSSR count). The Labute approximate surface area is 138 Å². The molecule has 0 spiro atoms. The molecule has 0 radical (unpaired) electrons. The number of aromatic amines is 1. The molecule has 0 amide bonds. The Bertz CT molecular complexity index is 889. The van der Waals surface area contributed by atoms with E-state index >= 15 is 0 Å². The lowest BCUT2D eigenvalue weighted by molar-refractivity contribution is 0.0528. The van der Waals surface area contributed by atoms with Crippen molar-refractivity contribution in [2.24, 2.45) is 0 Å². The first-order valence-electron chi connectivity index (χ1n) is 7.52. The van der Waals surface area contributed by atoms with E-state index in [0.717, 1.165) is 11.1 Å². The van der Waals surface area contributed by atoms with Crippen LogP contribution >= 0.6 is 0 Å². The molecule has 0 bridgehead atoms. The van der Waals surface area contributed by atoms with Crippen LogP contribution in [0.15, 0.2) is 30.7 Å². The van der Waals surface area contributed by atoms with Crippen molar-refractivity contribution < 1.29 is 14.3 Å². The van der Waals surface area contributed by atoms with Crippen molar-refractivity contribution in [3.05, 3.63) is 41.9 Å². The summed E-state index contributed by atoms with van der Waals surface area (Å²) in [5.41, 5.74) is 9.99. The Balaban J connectivity index is 2.14. The van der Waals surface area contributed by atoms with Crippen LogP contribution in [0.25, 0.3) is 22.3 Å². The number of aromatic nitrogens is 3. The number of H-pyrrole nitrogens is 1. The lowest BCUT2D eigenvalue weighted by Gasteiger charge is -2.09. The monoisotopic (exact) mass is 326 g/mol. The highest BCUT2D eigenvalue weighted by molar-refractivity contribution is 6.08. The zero-order valence-electron chi connectivity index (χ0n) is 13.5. The third-order valence-electron chi connectivity index (χ3n) is 3.68. The number of carbonyl (C=O) groups is 1. The van der Waals surface area contributed by atoms with Gasteiger partial charge < -0.3 is 20.2 Å². The SMILES string of the molecule is CCOC(=O)c1c[nH]c2ncnc(-c3ccc(COC)c(N)c3)c12. The summed E-state index contributed by atoms with van der Waals surface area (Å²) in [6.45, 7) is 2.50. The van der Waals surface area contributed by atoms with E-state index in [0.29, 0.717) is 41.2 Å². The molecule has 0 unspecified atom stereocenters. The number of carbonyl (C=O) groups excluding carboxylic acids is 1. The Morgan fingerprint density at radius 2 is 2.17 bits per heavy atom. The second kappa shape index (κ2) is 6.67. The fraction of sp³-hybridized carbons (Fsp3) is 0.235. The molecule has 3 N–H and O–H groups in total. The number of benzene rings is 1. The van der Waals surface area contributed by atoms with Gasteiger partial charge in [-0.2, -0.15) is 0 Å². The van der Waals surface area contributed by atoms with Gasteiger partial charge in [0.05, 0.1) is 29.9 Å². The smallest absolute Gasteiger partial charge is 0.340 e. The van der Waals surface area contributed by atoms with Gasteiger partial charge in [-0.05, 0) is 13.0 Å². The zero-order chi connectivity index (χ0) is 17.1. The van der Waals surface area contributed by atoms with E-state index in [-0.39, 0.29) is 0 Å². The highest BCUT2D eigenvalue weighted by atomic mass is 16.5. The number of nitrogens with one attached hydrogen (secondary N) is 1. The van der Waals surface area contributed by atoms with Crippen molar-refractivity contribution in [3.8, 4) is 11.3 Å². The highest BCUT2D eigenvalue weighted by Gasteiger charge is 2.19. The molecule has 24 heavy (non-hydrogen) atoms. The highest BCUT2D eigenvalue weighted by Crippen LogP contribution is 2.30. The molecule has 2 aromatic heterocycles. The predicted octanol–water partition coefficient (Wildman–Crippen LogP) is 2.53. The molecular formula is C17H18N4O3. The van der Waals surface area contributed by atoms with Gasteiger partial charge in [-0.25, -0.2) is 14.8 Å². The fourth-order valence-electron chi connectivity index (χ4n) is 2.58. The Morgan fingerprint density at radius 3 is 2.88 bits per heavy atom. The molecule has 0 saturated heterocycles. The normalized spacial score (nSPS) is 10.9. The topological polar surface area (TPSA) is 103 Å². The molecule has 0 aliphatic carbocycles. The summed E-state index contributed by atoms with van der Waals surface area (Å²) in [4.78, 5) is 23.7. The van der Waals surface area contributed by atoms with Crippen molar-refractivity contribution in [2.75, 3.05) is 19.5 Å². The summed E-state index contributed by atoms with van der Waals surface area (Å²) in [7, 11) is 1.62. The number of ether oxygens (including phenoxy) is 2. The summed E-state index contributed by atoms with van der Waals surface area (Å²) >= 11 is 0. The lowest BCUT2D eigenvalue weighted by Crippen LogP contribution is -2.04. The van der Waals surface area contributed by atoms with Crippen LogP contribution in [0.5, 0.6) is 0 Å². The van der Waals surface area contributed by atoms with Crippen LogP contribution in [-0.4, -0.2) is 34.6 Å². The molecule has 0 saturated carbocycles. The van der Waals surface area contributed by atoms with Crippen molar-refractivity contribution in [1.29, 1.82) is 0 Å². The van der Waals surface area contributed by atoms with E-state index in [9.17, 15) is 4.79 Å². The Kier molecular flexibility index (Phi) is 4.43. The first kappa shape index (κ1) is 15.9. The maximum absolute atomic E-state index is 12.2. The van der Waals surface area contributed by atoms with Gasteiger partial charge in [0.1, 0.15) is 12.0 Å². The quantitative estimate of drug-likeness (QED) is 0.551. The summed E-state index contributed by atoms with van der Waals surface area (Å²) in [6, 6.07) is 5.60. The summed E-state index contributed by atoms with van der Waals surface area (Å²) < 4.78 is 10.2. The number of fused-ring (bicyclic) bond motifs is 1. The third kappa shape index (κ3) is 2.81. The number of nitrogens with zero attached hydrogens (tertiary/aromatic N) is 2. The van der Waals surface area contributed by atoms with Crippen LogP contribution < -0.4 is 5.73 Å². The van der Waals surface area contributed by atoms with Gasteiger partial charge in [0.25, 0.3) is 0 Å². The fourth-order valence-corrected chi connectivity index (χ4v) is 2.58. The predicted molar refractivity (Wildman–Crippen MR) is 90.4 cm³/mol. The summed E-state index contributed by atoms with van der Waals surface area (Å²) in [6.07, 6.45) is 3.03. The van der Waals surface area contributed by atoms with Crippen LogP contribution in [0, 0.1) is 0 Å². The number of rotatable bonds is 5. The average Bonchev–Trinajstić information content (AvgIpc) is 3.01. The minimum absolute atomic E-state index is 0.299. The van der Waals surface area contributed by atoms with E-state index in [1.807, 2.05) is 18.2 Å². The largest absolute Gasteiger partial charge is 0.462 e. The molecule has 2 heterocycles. The van der Waals surface area contributed by atoms with E-state index in [4.69, 9.17) is 15.2 Å². The maximum Gasteiger partial charge on any atom is 0.340 e. The number of nitrogens with two attached hydrogens (primary N) is 1. The van der Waals surface area contributed by atoms with Crippen molar-refractivity contribution >= 4 is 22.7 Å². The zero-order valence-corrected chi connectivity index (χ0v) is 13.5. The molecule has 0 aliphatic rings. The molecular weight excluding hydrogens is 308 g/mol. The molecule has 7 heteroatoms. The van der Waals surface area contributed by atoms with E-state index in [2.05, 4.69) is 15.0 Å². The lowest BCUT2D eigenvalue weighted by atomic mass is 10.0. The van der Waals surface area contributed by atoms with Crippen molar-refractivity contribution in [1.82, 2.24) is 15.0 Å². The van der Waals surface area contributed by atoms with E-state index < -0.39 is 5.97 Å². The second-order valence-electron chi connectivity index (χ2n) is 5.22. The number of hydrogen-bond acceptors (Lipinski definition) is 6. The number of esters is 1. The van der Waals surface area contributed by atoms with Gasteiger partial charge in [0.15, 0.2) is 0 Å². The first-order valence-corrected chi connectivity index (χ1v) is 7.52. The summed E-state index contributed by atoms with van der Waals surface area (Å²) in [5, 5.41) is 0.620. The van der Waals surface area contributed by atoms with Gasteiger partial charge in [0, 0.05) is 30.1 Å². The van der Waals surface area contributed by atoms with E-state index in [1.54, 1.807) is 20.2 Å². The first-order chi connectivity index (χ1) is 11.7. The van der Waals surface area contributed by atoms with Gasteiger partial charge in [-0.15, -0.1) is 0 Å². The van der Waals surface area contributed by atoms with Gasteiger partial charge in [0.2, 0.25) is 0 Å². The Hall–Kier alpha value is -2.93. The molecule has 3 aromatic rings. The number of nitrogen functional groups attached to an aromatic ring is 1. The molecule has 0 fully saturated rings. The van der Waals surface area contributed by atoms with Crippen molar-refractivity contribution in [3.63, 3.8) is 0 Å². The van der Waals surface area contributed by atoms with Gasteiger partial charge >= 0.3 is 5.97 Å². The second-order valence-corrected chi connectivity index (χ2v) is 5.22. The summed E-state index contributed by atoms with van der Waals surface area (Å²) in [5.74, 6) is -0.413. The van der Waals surface area contributed by atoms with Crippen LogP contribution in [-0.2, 0) is 16.1 Å². The van der Waals surface area contributed by atoms with Gasteiger partial charge in [-0.3, -0.25) is 0 Å². The standard InChI is InChI=1S/C17H18N4O3/c1-3-24-17(22)12-7-19-16-14(12)15(20-9-21-16)10-4-5-11(8-23-2)13(18)6-10/h4-7,9H,3,8,18H2,1-2H3,(H,19,20,21). The van der Waals surface area contributed by atoms with Crippen LogP contribution in [0.3, 0.4) is 0 Å². The Morgan fingerprint density at radius 1 is 1.33 bits per heavy atom. The third-order valence-corrected chi connectivity index (χ3v) is 3.68. The minimum Gasteiger partial charge on any atom is -0.462 e. The minimum atomic E-state index is -0.413. The maximum atomic E-state index is 12.2. The molecule has 7 nitrogen and oxygen atoms in total. The van der Waals surface area contributed by atoms with Crippen LogP contribution in [0.4, 0.5) is 5.69 Å².